The van der Waals surface area contributed by atoms with Gasteiger partial charge < -0.3 is 10.1 Å². The van der Waals surface area contributed by atoms with Gasteiger partial charge in [-0.05, 0) is 36.4 Å². The number of allylic oxidation sites excluding steroid dienone is 2. The van der Waals surface area contributed by atoms with Crippen molar-refractivity contribution in [2.24, 2.45) is 0 Å². The number of aliphatic hydroxyl groups is 1. The maximum absolute atomic E-state index is 10.0. The average molecular weight is 525 g/mol. The topological polar surface area (TPSA) is 50.2 Å². The number of nitrogens with zero attached hydrogens (tertiary/aromatic N) is 1. The van der Waals surface area contributed by atoms with Gasteiger partial charge in [0.25, 0.3) is 0 Å². The SMILES string of the molecule is CC(=O)/C=C(/C)O.CCc1c[c-]c(-c2nccc3ccccc23)cc1.[Ir]. The Bertz CT molecular complexity index is 877. The molecule has 0 amide bonds. The molecule has 0 fully saturated rings. The van der Waals surface area contributed by atoms with Crippen molar-refractivity contribution in [1.82, 2.24) is 4.98 Å². The minimum Gasteiger partial charge on any atom is -0.512 e. The van der Waals surface area contributed by atoms with E-state index in [1.165, 1.54) is 36.3 Å². The summed E-state index contributed by atoms with van der Waals surface area (Å²) < 4.78 is 0. The fraction of sp³-hybridized carbons (Fsp3) is 0.182. The van der Waals surface area contributed by atoms with Crippen LogP contribution in [-0.2, 0) is 31.3 Å². The summed E-state index contributed by atoms with van der Waals surface area (Å²) in [5, 5.41) is 10.8. The van der Waals surface area contributed by atoms with Crippen LogP contribution < -0.4 is 0 Å². The Morgan fingerprint density at radius 2 is 1.88 bits per heavy atom. The molecule has 0 aliphatic carbocycles. The van der Waals surface area contributed by atoms with E-state index in [0.717, 1.165) is 17.7 Å². The third-order valence-electron chi connectivity index (χ3n) is 3.63. The molecule has 0 aliphatic rings. The van der Waals surface area contributed by atoms with Gasteiger partial charge in [0.05, 0.1) is 5.76 Å². The van der Waals surface area contributed by atoms with E-state index in [0.29, 0.717) is 0 Å². The van der Waals surface area contributed by atoms with Crippen LogP contribution in [-0.4, -0.2) is 15.9 Å². The number of carbonyl (C=O) groups excluding carboxylic acids is 1. The fourth-order valence-corrected chi connectivity index (χ4v) is 2.45. The molecule has 137 valence electrons. The second-order valence-electron chi connectivity index (χ2n) is 5.74. The van der Waals surface area contributed by atoms with Crippen LogP contribution in [0.25, 0.3) is 22.0 Å². The molecule has 0 unspecified atom stereocenters. The van der Waals surface area contributed by atoms with E-state index in [1.807, 2.05) is 18.3 Å². The minimum atomic E-state index is -0.125. The maximum atomic E-state index is 10.0. The molecule has 1 heterocycles. The largest absolute Gasteiger partial charge is 0.512 e. The van der Waals surface area contributed by atoms with Gasteiger partial charge in [-0.2, -0.15) is 0 Å². The van der Waals surface area contributed by atoms with Crippen molar-refractivity contribution in [2.75, 3.05) is 0 Å². The summed E-state index contributed by atoms with van der Waals surface area (Å²) in [6.45, 7) is 5.00. The van der Waals surface area contributed by atoms with Gasteiger partial charge in [0.2, 0.25) is 0 Å². The number of ketones is 1. The fourth-order valence-electron chi connectivity index (χ4n) is 2.45. The Labute approximate surface area is 168 Å². The summed E-state index contributed by atoms with van der Waals surface area (Å²) in [5.41, 5.74) is 3.37. The molecule has 0 saturated heterocycles. The van der Waals surface area contributed by atoms with E-state index in [4.69, 9.17) is 5.11 Å². The van der Waals surface area contributed by atoms with Crippen LogP contribution in [0.15, 0.2) is 66.6 Å². The third kappa shape index (κ3) is 6.21. The van der Waals surface area contributed by atoms with Crippen molar-refractivity contribution in [3.63, 3.8) is 0 Å². The number of pyridine rings is 1. The second-order valence-corrected chi connectivity index (χ2v) is 5.74. The zero-order valence-corrected chi connectivity index (χ0v) is 17.5. The quantitative estimate of drug-likeness (QED) is 0.288. The monoisotopic (exact) mass is 525 g/mol. The smallest absolute Gasteiger partial charge is 0.155 e. The first-order valence-electron chi connectivity index (χ1n) is 8.23. The standard InChI is InChI=1S/C17H14N.C5H8O2.Ir/c1-2-13-7-9-15(10-8-13)17-16-6-4-3-5-14(16)11-12-18-17;1-4(6)3-5(2)7;/h3-9,11-12H,2H2,1H3;3,6H,1-2H3;/q-1;;/b;4-3-;. The van der Waals surface area contributed by atoms with Crippen molar-refractivity contribution < 1.29 is 30.0 Å². The second kappa shape index (κ2) is 10.6. The summed E-state index contributed by atoms with van der Waals surface area (Å²) >= 11 is 0. The molecule has 0 aliphatic heterocycles. The van der Waals surface area contributed by atoms with E-state index < -0.39 is 0 Å². The molecule has 3 nitrogen and oxygen atoms in total. The number of aromatic nitrogens is 1. The predicted molar refractivity (Wildman–Crippen MR) is 102 cm³/mol. The number of hydrogen-bond donors (Lipinski definition) is 1. The zero-order chi connectivity index (χ0) is 18.2. The Morgan fingerprint density at radius 3 is 2.42 bits per heavy atom. The molecule has 0 atom stereocenters. The molecule has 1 N–H and O–H groups in total. The number of carbonyl (C=O) groups is 1. The molecule has 26 heavy (non-hydrogen) atoms. The first-order valence-corrected chi connectivity index (χ1v) is 8.23. The minimum absolute atomic E-state index is 0. The van der Waals surface area contributed by atoms with E-state index in [-0.39, 0.29) is 31.6 Å². The molecule has 0 saturated carbocycles. The number of aliphatic hydroxyl groups excluding tert-OH is 1. The summed E-state index contributed by atoms with van der Waals surface area (Å²) in [6.07, 6.45) is 4.07. The molecule has 0 spiro atoms. The van der Waals surface area contributed by atoms with Crippen LogP contribution in [0, 0.1) is 6.07 Å². The molecular weight excluding hydrogens is 502 g/mol. The summed E-state index contributed by atoms with van der Waals surface area (Å²) in [5.74, 6) is -0.0625. The number of fused-ring (bicyclic) bond motifs is 1. The molecule has 3 aromatic rings. The number of rotatable bonds is 3. The third-order valence-corrected chi connectivity index (χ3v) is 3.63. The molecule has 0 bridgehead atoms. The number of benzene rings is 2. The molecule has 3 rings (SSSR count). The van der Waals surface area contributed by atoms with Gasteiger partial charge in [-0.3, -0.25) is 4.79 Å². The normalized spacial score (nSPS) is 10.5. The van der Waals surface area contributed by atoms with Gasteiger partial charge >= 0.3 is 0 Å². The summed E-state index contributed by atoms with van der Waals surface area (Å²) in [7, 11) is 0. The molecule has 4 heteroatoms. The van der Waals surface area contributed by atoms with Crippen LogP contribution in [0.2, 0.25) is 0 Å². The van der Waals surface area contributed by atoms with E-state index in [1.54, 1.807) is 0 Å². The molecular formula is C22H22IrNO2-. The van der Waals surface area contributed by atoms with Gasteiger partial charge in [0, 0.05) is 32.4 Å². The van der Waals surface area contributed by atoms with Crippen molar-refractivity contribution in [1.29, 1.82) is 0 Å². The summed E-state index contributed by atoms with van der Waals surface area (Å²) in [4.78, 5) is 14.5. The van der Waals surface area contributed by atoms with Crippen molar-refractivity contribution in [2.45, 2.75) is 27.2 Å². The first kappa shape index (κ1) is 21.8. The molecule has 1 radical (unpaired) electrons. The van der Waals surface area contributed by atoms with Gasteiger partial charge in [-0.15, -0.1) is 35.4 Å². The first-order chi connectivity index (χ1) is 12.0. The van der Waals surface area contributed by atoms with Gasteiger partial charge in [0.1, 0.15) is 0 Å². The van der Waals surface area contributed by atoms with Crippen molar-refractivity contribution >= 4 is 16.6 Å². The predicted octanol–water partition coefficient (Wildman–Crippen LogP) is 5.30. The average Bonchev–Trinajstić information content (AvgIpc) is 2.61. The van der Waals surface area contributed by atoms with Crippen LogP contribution in [0.3, 0.4) is 0 Å². The zero-order valence-electron chi connectivity index (χ0n) is 15.1. The Kier molecular flexibility index (Phi) is 8.91. The Balaban J connectivity index is 0.000000366. The molecule has 1 aromatic heterocycles. The van der Waals surface area contributed by atoms with E-state index >= 15 is 0 Å². The maximum Gasteiger partial charge on any atom is 0.155 e. The number of hydrogen-bond acceptors (Lipinski definition) is 3. The van der Waals surface area contributed by atoms with E-state index in [2.05, 4.69) is 54.4 Å². The Morgan fingerprint density at radius 1 is 1.15 bits per heavy atom. The van der Waals surface area contributed by atoms with Gasteiger partial charge in [0.15, 0.2) is 5.78 Å². The van der Waals surface area contributed by atoms with Crippen molar-refractivity contribution in [3.05, 3.63) is 78.2 Å². The van der Waals surface area contributed by atoms with E-state index in [9.17, 15) is 4.79 Å². The van der Waals surface area contributed by atoms with Crippen LogP contribution in [0.1, 0.15) is 26.3 Å². The molecule has 2 aromatic carbocycles. The van der Waals surface area contributed by atoms with Crippen LogP contribution >= 0.6 is 0 Å². The van der Waals surface area contributed by atoms with Crippen LogP contribution in [0.5, 0.6) is 0 Å². The Hall–Kier alpha value is -2.29. The number of aryl methyl sites for hydroxylation is 1. The van der Waals surface area contributed by atoms with Gasteiger partial charge in [-0.1, -0.05) is 37.6 Å². The van der Waals surface area contributed by atoms with Crippen molar-refractivity contribution in [3.8, 4) is 11.3 Å². The summed E-state index contributed by atoms with van der Waals surface area (Å²) in [6, 6.07) is 20.0. The van der Waals surface area contributed by atoms with Crippen LogP contribution in [0.4, 0.5) is 0 Å². The van der Waals surface area contributed by atoms with Gasteiger partial charge in [-0.25, -0.2) is 0 Å².